The molecule has 0 aliphatic carbocycles. The normalized spacial score (nSPS) is 10.8. The average Bonchev–Trinajstić information content (AvgIpc) is 2.75. The minimum Gasteiger partial charge on any atom is -0.135 e. The lowest BCUT2D eigenvalue weighted by molar-refractivity contribution is 1.72. The molecule has 82 valence electrons. The van der Waals surface area contributed by atoms with E-state index in [2.05, 4.69) is 55.6 Å². The second kappa shape index (κ2) is 3.86. The fourth-order valence-corrected chi connectivity index (χ4v) is 3.13. The van der Waals surface area contributed by atoms with Crippen LogP contribution < -0.4 is 0 Å². The van der Waals surface area contributed by atoms with Gasteiger partial charge in [-0.2, -0.15) is 0 Å². The maximum absolute atomic E-state index is 4.00. The Morgan fingerprint density at radius 1 is 1.00 bits per heavy atom. The SMILES string of the molecule is C=CC(=C)c1ccc2sc3ccccc3c2c1. The van der Waals surface area contributed by atoms with Gasteiger partial charge in [-0.3, -0.25) is 0 Å². The molecule has 0 saturated heterocycles. The number of allylic oxidation sites excluding steroid dienone is 2. The van der Waals surface area contributed by atoms with Crippen molar-refractivity contribution in [3.05, 3.63) is 67.3 Å². The fraction of sp³-hybridized carbons (Fsp3) is 0. The molecule has 2 aromatic carbocycles. The van der Waals surface area contributed by atoms with Crippen molar-refractivity contribution in [2.75, 3.05) is 0 Å². The van der Waals surface area contributed by atoms with Crippen LogP contribution in [0.3, 0.4) is 0 Å². The zero-order chi connectivity index (χ0) is 11.8. The lowest BCUT2D eigenvalue weighted by atomic mass is 10.0. The first kappa shape index (κ1) is 10.3. The van der Waals surface area contributed by atoms with Crippen LogP contribution >= 0.6 is 11.3 Å². The third-order valence-electron chi connectivity index (χ3n) is 2.99. The second-order valence-corrected chi connectivity index (χ2v) is 5.12. The molecule has 0 aliphatic rings. The van der Waals surface area contributed by atoms with Gasteiger partial charge in [0.15, 0.2) is 0 Å². The molecule has 0 radical (unpaired) electrons. The Hall–Kier alpha value is -1.86. The van der Waals surface area contributed by atoms with Crippen LogP contribution in [0.5, 0.6) is 0 Å². The van der Waals surface area contributed by atoms with Crippen molar-refractivity contribution in [2.45, 2.75) is 0 Å². The van der Waals surface area contributed by atoms with E-state index >= 15 is 0 Å². The number of hydrogen-bond acceptors (Lipinski definition) is 1. The summed E-state index contributed by atoms with van der Waals surface area (Å²) in [6, 6.07) is 15.0. The molecule has 1 heteroatoms. The van der Waals surface area contributed by atoms with Crippen LogP contribution in [0.25, 0.3) is 25.7 Å². The molecule has 17 heavy (non-hydrogen) atoms. The summed E-state index contributed by atoms with van der Waals surface area (Å²) in [5.41, 5.74) is 2.12. The molecule has 0 spiro atoms. The fourth-order valence-electron chi connectivity index (χ4n) is 2.04. The first-order valence-electron chi connectivity index (χ1n) is 5.52. The van der Waals surface area contributed by atoms with Crippen molar-refractivity contribution in [3.8, 4) is 0 Å². The number of benzene rings is 2. The highest BCUT2D eigenvalue weighted by Crippen LogP contribution is 2.35. The Kier molecular flexibility index (Phi) is 2.34. The van der Waals surface area contributed by atoms with Crippen LogP contribution in [0.2, 0.25) is 0 Å². The third kappa shape index (κ3) is 1.60. The molecule has 1 heterocycles. The smallest absolute Gasteiger partial charge is 0.0355 e. The Balaban J connectivity index is 2.37. The second-order valence-electron chi connectivity index (χ2n) is 4.04. The van der Waals surface area contributed by atoms with Gasteiger partial charge in [0.1, 0.15) is 0 Å². The van der Waals surface area contributed by atoms with Gasteiger partial charge >= 0.3 is 0 Å². The van der Waals surface area contributed by atoms with Crippen molar-refractivity contribution >= 4 is 37.1 Å². The van der Waals surface area contributed by atoms with E-state index in [1.165, 1.54) is 20.2 Å². The van der Waals surface area contributed by atoms with Gasteiger partial charge in [-0.1, -0.05) is 43.5 Å². The maximum Gasteiger partial charge on any atom is 0.0355 e. The van der Waals surface area contributed by atoms with Gasteiger partial charge < -0.3 is 0 Å². The summed E-state index contributed by atoms with van der Waals surface area (Å²) >= 11 is 1.83. The zero-order valence-electron chi connectivity index (χ0n) is 9.44. The summed E-state index contributed by atoms with van der Waals surface area (Å²) in [7, 11) is 0. The molecule has 0 amide bonds. The first-order chi connectivity index (χ1) is 8.29. The minimum atomic E-state index is 0.974. The molecule has 1 aromatic heterocycles. The van der Waals surface area contributed by atoms with Crippen LogP contribution in [0.15, 0.2) is 61.7 Å². The van der Waals surface area contributed by atoms with Gasteiger partial charge in [-0.05, 0) is 29.3 Å². The highest BCUT2D eigenvalue weighted by Gasteiger charge is 2.05. The minimum absolute atomic E-state index is 0.974. The lowest BCUT2D eigenvalue weighted by Crippen LogP contribution is -1.77. The van der Waals surface area contributed by atoms with Gasteiger partial charge in [0, 0.05) is 20.2 Å². The van der Waals surface area contributed by atoms with E-state index in [1.54, 1.807) is 6.08 Å². The van der Waals surface area contributed by atoms with Crippen LogP contribution in [-0.2, 0) is 0 Å². The molecule has 3 rings (SSSR count). The van der Waals surface area contributed by atoms with E-state index in [0.29, 0.717) is 0 Å². The quantitative estimate of drug-likeness (QED) is 0.533. The summed E-state index contributed by atoms with van der Waals surface area (Å²) in [4.78, 5) is 0. The predicted molar refractivity (Wildman–Crippen MR) is 78.6 cm³/mol. The Bertz CT molecular complexity index is 731. The standard InChI is InChI=1S/C16H12S/c1-3-11(2)12-8-9-16-14(10-12)13-6-4-5-7-15(13)17-16/h3-10H,1-2H2. The largest absolute Gasteiger partial charge is 0.135 e. The van der Waals surface area contributed by atoms with Crippen LogP contribution in [-0.4, -0.2) is 0 Å². The monoisotopic (exact) mass is 236 g/mol. The van der Waals surface area contributed by atoms with E-state index in [0.717, 1.165) is 11.1 Å². The molecule has 0 nitrogen and oxygen atoms in total. The molecule has 3 aromatic rings. The number of rotatable bonds is 2. The van der Waals surface area contributed by atoms with Crippen molar-refractivity contribution in [3.63, 3.8) is 0 Å². The average molecular weight is 236 g/mol. The molecular formula is C16H12S. The number of thiophene rings is 1. The van der Waals surface area contributed by atoms with Gasteiger partial charge in [0.2, 0.25) is 0 Å². The van der Waals surface area contributed by atoms with E-state index < -0.39 is 0 Å². The molecule has 0 bridgehead atoms. The van der Waals surface area contributed by atoms with Crippen LogP contribution in [0.4, 0.5) is 0 Å². The van der Waals surface area contributed by atoms with Crippen molar-refractivity contribution in [1.29, 1.82) is 0 Å². The summed E-state index contributed by atoms with van der Waals surface area (Å²) < 4.78 is 2.66. The van der Waals surface area contributed by atoms with E-state index in [4.69, 9.17) is 0 Å². The summed E-state index contributed by atoms with van der Waals surface area (Å²) in [6.07, 6.45) is 1.80. The van der Waals surface area contributed by atoms with E-state index in [1.807, 2.05) is 11.3 Å². The van der Waals surface area contributed by atoms with Crippen molar-refractivity contribution in [2.24, 2.45) is 0 Å². The molecule has 0 aliphatic heterocycles. The highest BCUT2D eigenvalue weighted by molar-refractivity contribution is 7.25. The highest BCUT2D eigenvalue weighted by atomic mass is 32.1. The molecule has 0 N–H and O–H groups in total. The Labute approximate surface area is 105 Å². The molecular weight excluding hydrogens is 224 g/mol. The molecule has 0 saturated carbocycles. The zero-order valence-corrected chi connectivity index (χ0v) is 10.3. The molecule has 0 fully saturated rings. The van der Waals surface area contributed by atoms with E-state index in [9.17, 15) is 0 Å². The van der Waals surface area contributed by atoms with Gasteiger partial charge in [0.25, 0.3) is 0 Å². The molecule has 0 atom stereocenters. The first-order valence-corrected chi connectivity index (χ1v) is 6.34. The van der Waals surface area contributed by atoms with Crippen LogP contribution in [0.1, 0.15) is 5.56 Å². The van der Waals surface area contributed by atoms with Gasteiger partial charge in [0.05, 0.1) is 0 Å². The maximum atomic E-state index is 4.00. The van der Waals surface area contributed by atoms with Gasteiger partial charge in [-0.25, -0.2) is 0 Å². The van der Waals surface area contributed by atoms with Crippen molar-refractivity contribution < 1.29 is 0 Å². The summed E-state index contributed by atoms with van der Waals surface area (Å²) in [5.74, 6) is 0. The third-order valence-corrected chi connectivity index (χ3v) is 4.15. The number of fused-ring (bicyclic) bond motifs is 3. The number of hydrogen-bond donors (Lipinski definition) is 0. The van der Waals surface area contributed by atoms with Crippen LogP contribution in [0, 0.1) is 0 Å². The predicted octanol–water partition coefficient (Wildman–Crippen LogP) is 5.25. The molecule has 0 unspecified atom stereocenters. The summed E-state index contributed by atoms with van der Waals surface area (Å²) in [5, 5.41) is 2.64. The summed E-state index contributed by atoms with van der Waals surface area (Å²) in [6.45, 7) is 7.77. The Morgan fingerprint density at radius 3 is 2.59 bits per heavy atom. The van der Waals surface area contributed by atoms with Gasteiger partial charge in [-0.15, -0.1) is 11.3 Å². The Morgan fingerprint density at radius 2 is 1.76 bits per heavy atom. The topological polar surface area (TPSA) is 0 Å². The van der Waals surface area contributed by atoms with E-state index in [-0.39, 0.29) is 0 Å². The lowest BCUT2D eigenvalue weighted by Gasteiger charge is -2.00. The van der Waals surface area contributed by atoms with Crippen molar-refractivity contribution in [1.82, 2.24) is 0 Å².